The first-order chi connectivity index (χ1) is 11.8. The second-order valence-corrected chi connectivity index (χ2v) is 7.09. The van der Waals surface area contributed by atoms with Crippen molar-refractivity contribution in [3.63, 3.8) is 0 Å². The number of anilines is 1. The molecule has 0 aromatic heterocycles. The van der Waals surface area contributed by atoms with Crippen molar-refractivity contribution in [1.29, 1.82) is 0 Å². The second-order valence-electron chi connectivity index (χ2n) is 7.09. The predicted molar refractivity (Wildman–Crippen MR) is 96.4 cm³/mol. The first kappa shape index (κ1) is 17.1. The quantitative estimate of drug-likeness (QED) is 0.909. The van der Waals surface area contributed by atoms with Crippen LogP contribution >= 0.6 is 0 Å². The van der Waals surface area contributed by atoms with Gasteiger partial charge >= 0.3 is 0 Å². The maximum atomic E-state index is 12.3. The molecule has 25 heavy (non-hydrogen) atoms. The Morgan fingerprint density at radius 3 is 2.44 bits per heavy atom. The van der Waals surface area contributed by atoms with Gasteiger partial charge in [0.1, 0.15) is 5.75 Å². The van der Waals surface area contributed by atoms with Gasteiger partial charge in [0.2, 0.25) is 6.79 Å². The van der Waals surface area contributed by atoms with Crippen molar-refractivity contribution >= 4 is 11.6 Å². The molecule has 1 aliphatic rings. The molecule has 0 radical (unpaired) electrons. The van der Waals surface area contributed by atoms with Crippen molar-refractivity contribution in [2.75, 3.05) is 12.1 Å². The fraction of sp³-hybridized carbons (Fsp3) is 0.350. The Morgan fingerprint density at radius 1 is 1.08 bits per heavy atom. The van der Waals surface area contributed by atoms with Crippen molar-refractivity contribution < 1.29 is 19.0 Å². The molecular weight excluding hydrogens is 318 g/mol. The standard InChI is InChI=1S/C20H23NO4/c1-13(25-16-9-10-17-18(11-16)24-12-23-17)19(22)21-15-7-5-14(6-8-15)20(2,3)4/h5-11,13H,12H2,1-4H3,(H,21,22). The van der Waals surface area contributed by atoms with Gasteiger partial charge in [-0.25, -0.2) is 0 Å². The van der Waals surface area contributed by atoms with E-state index in [4.69, 9.17) is 14.2 Å². The highest BCUT2D eigenvalue weighted by atomic mass is 16.7. The molecule has 2 aromatic carbocycles. The molecule has 3 rings (SSSR count). The van der Waals surface area contributed by atoms with Crippen LogP contribution in [-0.4, -0.2) is 18.8 Å². The lowest BCUT2D eigenvalue weighted by atomic mass is 9.87. The molecule has 0 saturated carbocycles. The molecule has 1 unspecified atom stereocenters. The monoisotopic (exact) mass is 341 g/mol. The minimum atomic E-state index is -0.636. The van der Waals surface area contributed by atoms with Crippen molar-refractivity contribution in [3.05, 3.63) is 48.0 Å². The maximum absolute atomic E-state index is 12.3. The average molecular weight is 341 g/mol. The van der Waals surface area contributed by atoms with E-state index in [-0.39, 0.29) is 18.1 Å². The summed E-state index contributed by atoms with van der Waals surface area (Å²) in [6, 6.07) is 13.1. The summed E-state index contributed by atoms with van der Waals surface area (Å²) in [5.41, 5.74) is 2.05. The first-order valence-electron chi connectivity index (χ1n) is 8.30. The Kier molecular flexibility index (Phi) is 4.57. The molecular formula is C20H23NO4. The highest BCUT2D eigenvalue weighted by Gasteiger charge is 2.19. The number of benzene rings is 2. The van der Waals surface area contributed by atoms with Crippen LogP contribution in [-0.2, 0) is 10.2 Å². The van der Waals surface area contributed by atoms with Gasteiger partial charge in [-0.3, -0.25) is 4.79 Å². The average Bonchev–Trinajstić information content (AvgIpc) is 3.02. The maximum Gasteiger partial charge on any atom is 0.265 e. The zero-order valence-electron chi connectivity index (χ0n) is 15.0. The lowest BCUT2D eigenvalue weighted by molar-refractivity contribution is -0.122. The lowest BCUT2D eigenvalue weighted by Crippen LogP contribution is -2.30. The largest absolute Gasteiger partial charge is 0.481 e. The van der Waals surface area contributed by atoms with E-state index < -0.39 is 6.10 Å². The van der Waals surface area contributed by atoms with Gasteiger partial charge in [-0.05, 0) is 42.2 Å². The SMILES string of the molecule is CC(Oc1ccc2c(c1)OCO2)C(=O)Nc1ccc(C(C)(C)C)cc1. The molecule has 1 heterocycles. The van der Waals surface area contributed by atoms with Crippen LogP contribution < -0.4 is 19.5 Å². The summed E-state index contributed by atoms with van der Waals surface area (Å²) >= 11 is 0. The van der Waals surface area contributed by atoms with E-state index in [9.17, 15) is 4.79 Å². The molecule has 0 bridgehead atoms. The third-order valence-corrected chi connectivity index (χ3v) is 4.04. The van der Waals surface area contributed by atoms with E-state index in [1.165, 1.54) is 5.56 Å². The molecule has 132 valence electrons. The zero-order chi connectivity index (χ0) is 18.0. The van der Waals surface area contributed by atoms with Gasteiger partial charge in [0.15, 0.2) is 17.6 Å². The highest BCUT2D eigenvalue weighted by Crippen LogP contribution is 2.35. The Balaban J connectivity index is 1.61. The third kappa shape index (κ3) is 4.05. The smallest absolute Gasteiger partial charge is 0.265 e. The fourth-order valence-electron chi connectivity index (χ4n) is 2.51. The number of carbonyl (C=O) groups is 1. The molecule has 2 aromatic rings. The van der Waals surface area contributed by atoms with E-state index >= 15 is 0 Å². The second kappa shape index (κ2) is 6.67. The van der Waals surface area contributed by atoms with Gasteiger partial charge in [0.25, 0.3) is 5.91 Å². The number of nitrogens with one attached hydrogen (secondary N) is 1. The van der Waals surface area contributed by atoms with Crippen LogP contribution in [0.1, 0.15) is 33.3 Å². The normalized spacial score (nSPS) is 14.1. The minimum absolute atomic E-state index is 0.0816. The molecule has 1 amide bonds. The Morgan fingerprint density at radius 2 is 1.76 bits per heavy atom. The number of hydrogen-bond acceptors (Lipinski definition) is 4. The van der Waals surface area contributed by atoms with Crippen molar-refractivity contribution in [3.8, 4) is 17.2 Å². The van der Waals surface area contributed by atoms with Crippen LogP contribution in [0.2, 0.25) is 0 Å². The number of hydrogen-bond donors (Lipinski definition) is 1. The molecule has 1 aliphatic heterocycles. The highest BCUT2D eigenvalue weighted by molar-refractivity contribution is 5.94. The molecule has 0 saturated heterocycles. The molecule has 1 atom stereocenters. The topological polar surface area (TPSA) is 56.8 Å². The molecule has 5 nitrogen and oxygen atoms in total. The molecule has 5 heteroatoms. The van der Waals surface area contributed by atoms with Crippen LogP contribution in [0.5, 0.6) is 17.2 Å². The summed E-state index contributed by atoms with van der Waals surface area (Å²) in [6.45, 7) is 8.38. The van der Waals surface area contributed by atoms with E-state index in [2.05, 4.69) is 26.1 Å². The molecule has 0 fully saturated rings. The van der Waals surface area contributed by atoms with E-state index in [1.807, 2.05) is 24.3 Å². The number of fused-ring (bicyclic) bond motifs is 1. The summed E-state index contributed by atoms with van der Waals surface area (Å²) < 4.78 is 16.3. The van der Waals surface area contributed by atoms with Crippen LogP contribution in [0, 0.1) is 0 Å². The van der Waals surface area contributed by atoms with E-state index in [0.717, 1.165) is 5.69 Å². The zero-order valence-corrected chi connectivity index (χ0v) is 15.0. The summed E-state index contributed by atoms with van der Waals surface area (Å²) in [4.78, 5) is 12.3. The van der Waals surface area contributed by atoms with Gasteiger partial charge in [0, 0.05) is 11.8 Å². The van der Waals surface area contributed by atoms with Crippen LogP contribution in [0.4, 0.5) is 5.69 Å². The number of amides is 1. The number of ether oxygens (including phenoxy) is 3. The minimum Gasteiger partial charge on any atom is -0.481 e. The summed E-state index contributed by atoms with van der Waals surface area (Å²) in [7, 11) is 0. The van der Waals surface area contributed by atoms with Crippen LogP contribution in [0.3, 0.4) is 0 Å². The van der Waals surface area contributed by atoms with Crippen molar-refractivity contribution in [2.45, 2.75) is 39.2 Å². The predicted octanol–water partition coefficient (Wildman–Crippen LogP) is 4.12. The Hall–Kier alpha value is -2.69. The molecule has 0 aliphatic carbocycles. The fourth-order valence-corrected chi connectivity index (χ4v) is 2.51. The van der Waals surface area contributed by atoms with Gasteiger partial charge in [-0.1, -0.05) is 32.9 Å². The molecule has 1 N–H and O–H groups in total. The van der Waals surface area contributed by atoms with Gasteiger partial charge in [-0.15, -0.1) is 0 Å². The summed E-state index contributed by atoms with van der Waals surface area (Å²) in [5.74, 6) is 1.67. The van der Waals surface area contributed by atoms with E-state index in [0.29, 0.717) is 17.2 Å². The number of rotatable bonds is 4. The van der Waals surface area contributed by atoms with Crippen molar-refractivity contribution in [1.82, 2.24) is 0 Å². The lowest BCUT2D eigenvalue weighted by Gasteiger charge is -2.19. The van der Waals surface area contributed by atoms with Gasteiger partial charge in [0.05, 0.1) is 0 Å². The van der Waals surface area contributed by atoms with Gasteiger partial charge in [-0.2, -0.15) is 0 Å². The number of carbonyl (C=O) groups excluding carboxylic acids is 1. The first-order valence-corrected chi connectivity index (χ1v) is 8.30. The van der Waals surface area contributed by atoms with Crippen LogP contribution in [0.25, 0.3) is 0 Å². The van der Waals surface area contributed by atoms with Crippen molar-refractivity contribution in [2.24, 2.45) is 0 Å². The third-order valence-electron chi connectivity index (χ3n) is 4.04. The molecule has 0 spiro atoms. The van der Waals surface area contributed by atoms with Crippen LogP contribution in [0.15, 0.2) is 42.5 Å². The summed E-state index contributed by atoms with van der Waals surface area (Å²) in [5, 5.41) is 2.87. The summed E-state index contributed by atoms with van der Waals surface area (Å²) in [6.07, 6.45) is -0.636. The Bertz CT molecular complexity index is 762. The van der Waals surface area contributed by atoms with Gasteiger partial charge < -0.3 is 19.5 Å². The Labute approximate surface area is 147 Å². The van der Waals surface area contributed by atoms with E-state index in [1.54, 1.807) is 25.1 Å².